The summed E-state index contributed by atoms with van der Waals surface area (Å²) in [6.07, 6.45) is 3.60. The minimum absolute atomic E-state index is 0.0707. The summed E-state index contributed by atoms with van der Waals surface area (Å²) in [6, 6.07) is 5.95. The van der Waals surface area contributed by atoms with Gasteiger partial charge in [0.25, 0.3) is 5.91 Å². The molecule has 0 saturated heterocycles. The van der Waals surface area contributed by atoms with Gasteiger partial charge < -0.3 is 9.47 Å². The summed E-state index contributed by atoms with van der Waals surface area (Å²) in [6.45, 7) is 0. The van der Waals surface area contributed by atoms with E-state index in [2.05, 4.69) is 9.55 Å². The maximum absolute atomic E-state index is 12.2. The second kappa shape index (κ2) is 4.74. The van der Waals surface area contributed by atoms with Crippen molar-refractivity contribution < 1.29 is 4.79 Å². The zero-order valence-electron chi connectivity index (χ0n) is 11.0. The van der Waals surface area contributed by atoms with Crippen LogP contribution < -0.4 is 0 Å². The summed E-state index contributed by atoms with van der Waals surface area (Å²) >= 11 is 1.83. The molecule has 0 N–H and O–H groups in total. The number of rotatable bonds is 2. The number of hydrogen-bond acceptors (Lipinski definition) is 3. The molecular weight excluding hydrogens is 258 g/mol. The van der Waals surface area contributed by atoms with Crippen LogP contribution in [0.3, 0.4) is 0 Å². The zero-order chi connectivity index (χ0) is 13.4. The van der Waals surface area contributed by atoms with Gasteiger partial charge in [0.1, 0.15) is 0 Å². The van der Waals surface area contributed by atoms with Crippen molar-refractivity contribution in [2.45, 2.75) is 11.6 Å². The Morgan fingerprint density at radius 3 is 3.00 bits per heavy atom. The normalized spacial score (nSPS) is 13.4. The van der Waals surface area contributed by atoms with Crippen LogP contribution >= 0.6 is 11.8 Å². The molecule has 3 heterocycles. The maximum atomic E-state index is 12.2. The minimum atomic E-state index is 0.0707. The first kappa shape index (κ1) is 12.3. The van der Waals surface area contributed by atoms with Crippen molar-refractivity contribution in [2.75, 3.05) is 14.1 Å². The Kier molecular flexibility index (Phi) is 3.06. The molecule has 0 fully saturated rings. The van der Waals surface area contributed by atoms with E-state index in [1.54, 1.807) is 25.2 Å². The first-order chi connectivity index (χ1) is 9.18. The van der Waals surface area contributed by atoms with Gasteiger partial charge in [-0.1, -0.05) is 0 Å². The monoisotopic (exact) mass is 273 g/mol. The lowest BCUT2D eigenvalue weighted by Gasteiger charge is -2.09. The van der Waals surface area contributed by atoms with Crippen molar-refractivity contribution >= 4 is 17.7 Å². The van der Waals surface area contributed by atoms with E-state index in [1.807, 2.05) is 36.2 Å². The van der Waals surface area contributed by atoms with E-state index in [0.29, 0.717) is 0 Å². The Bertz CT molecular complexity index is 619. The van der Waals surface area contributed by atoms with Crippen LogP contribution in [-0.4, -0.2) is 34.5 Å². The molecule has 0 atom stereocenters. The first-order valence-corrected chi connectivity index (χ1v) is 7.26. The molecule has 0 unspecified atom stereocenters. The van der Waals surface area contributed by atoms with Crippen LogP contribution in [0.25, 0.3) is 11.3 Å². The second-order valence-corrected chi connectivity index (χ2v) is 5.69. The third-order valence-electron chi connectivity index (χ3n) is 3.26. The molecule has 1 aliphatic rings. The van der Waals surface area contributed by atoms with Gasteiger partial charge in [0, 0.05) is 43.5 Å². The number of nitrogens with zero attached hydrogens (tertiary/aromatic N) is 3. The lowest BCUT2D eigenvalue weighted by atomic mass is 10.2. The summed E-state index contributed by atoms with van der Waals surface area (Å²) in [7, 11) is 3.58. The maximum Gasteiger partial charge on any atom is 0.255 e. The molecular formula is C14H15N3OS. The zero-order valence-corrected chi connectivity index (χ0v) is 11.8. The van der Waals surface area contributed by atoms with Crippen LogP contribution in [0.5, 0.6) is 0 Å². The van der Waals surface area contributed by atoms with Crippen LogP contribution in [0.2, 0.25) is 0 Å². The van der Waals surface area contributed by atoms with Gasteiger partial charge in [-0.3, -0.25) is 9.78 Å². The Labute approximate surface area is 116 Å². The molecule has 19 heavy (non-hydrogen) atoms. The lowest BCUT2D eigenvalue weighted by Crippen LogP contribution is -2.22. The first-order valence-electron chi connectivity index (χ1n) is 6.10. The van der Waals surface area contributed by atoms with Crippen LogP contribution in [0.15, 0.2) is 30.6 Å². The lowest BCUT2D eigenvalue weighted by molar-refractivity contribution is 0.0827. The van der Waals surface area contributed by atoms with Gasteiger partial charge in [-0.15, -0.1) is 11.8 Å². The van der Waals surface area contributed by atoms with Crippen LogP contribution in [0, 0.1) is 0 Å². The van der Waals surface area contributed by atoms with Gasteiger partial charge in [0.15, 0.2) is 0 Å². The average Bonchev–Trinajstić information content (AvgIpc) is 3.00. The Balaban J connectivity index is 2.13. The largest absolute Gasteiger partial charge is 0.345 e. The number of carbonyl (C=O) groups excluding carboxylic acids is 1. The molecule has 0 saturated carbocycles. The van der Waals surface area contributed by atoms with E-state index in [1.165, 1.54) is 0 Å². The Morgan fingerprint density at radius 2 is 2.32 bits per heavy atom. The van der Waals surface area contributed by atoms with Gasteiger partial charge in [-0.2, -0.15) is 0 Å². The quantitative estimate of drug-likeness (QED) is 0.843. The average molecular weight is 273 g/mol. The Hall–Kier alpha value is -1.75. The van der Waals surface area contributed by atoms with Gasteiger partial charge in [0.2, 0.25) is 0 Å². The van der Waals surface area contributed by atoms with Gasteiger partial charge in [0.05, 0.1) is 17.1 Å². The third kappa shape index (κ3) is 2.04. The highest BCUT2D eigenvalue weighted by atomic mass is 32.2. The molecule has 0 aromatic carbocycles. The summed E-state index contributed by atoms with van der Waals surface area (Å²) in [5.41, 5.74) is 4.08. The molecule has 1 aliphatic heterocycles. The fraction of sp³-hybridized carbons (Fsp3) is 0.286. The highest BCUT2D eigenvalue weighted by Crippen LogP contribution is 2.35. The predicted molar refractivity (Wildman–Crippen MR) is 77.0 cm³/mol. The molecule has 2 aromatic heterocycles. The van der Waals surface area contributed by atoms with E-state index < -0.39 is 0 Å². The highest BCUT2D eigenvalue weighted by molar-refractivity contribution is 7.97. The van der Waals surface area contributed by atoms with Crippen molar-refractivity contribution in [1.82, 2.24) is 14.5 Å². The summed E-state index contributed by atoms with van der Waals surface area (Å²) < 4.78 is 2.22. The summed E-state index contributed by atoms with van der Waals surface area (Å²) in [5.74, 6) is 1.87. The molecule has 0 aliphatic carbocycles. The van der Waals surface area contributed by atoms with E-state index in [-0.39, 0.29) is 5.91 Å². The number of pyridine rings is 1. The van der Waals surface area contributed by atoms with Crippen LogP contribution in [0.1, 0.15) is 16.1 Å². The standard InChI is InChI=1S/C14H15N3OS/c1-16(2)14(18)11-6-12(10-4-3-5-15-7-10)17-9-19-8-13(11)17/h3-7H,8-9H2,1-2H3. The highest BCUT2D eigenvalue weighted by Gasteiger charge is 2.25. The fourth-order valence-corrected chi connectivity index (χ4v) is 3.38. The molecule has 5 heteroatoms. The number of carbonyl (C=O) groups is 1. The topological polar surface area (TPSA) is 38.1 Å². The molecule has 0 spiro atoms. The smallest absolute Gasteiger partial charge is 0.255 e. The molecule has 1 amide bonds. The molecule has 3 rings (SSSR count). The van der Waals surface area contributed by atoms with E-state index in [9.17, 15) is 4.79 Å². The van der Waals surface area contributed by atoms with Crippen molar-refractivity contribution in [2.24, 2.45) is 0 Å². The number of amides is 1. The van der Waals surface area contributed by atoms with E-state index in [4.69, 9.17) is 0 Å². The van der Waals surface area contributed by atoms with Crippen molar-refractivity contribution in [3.05, 3.63) is 41.9 Å². The predicted octanol–water partition coefficient (Wildman–Crippen LogP) is 2.46. The van der Waals surface area contributed by atoms with Crippen molar-refractivity contribution in [1.29, 1.82) is 0 Å². The molecule has 0 bridgehead atoms. The van der Waals surface area contributed by atoms with Crippen molar-refractivity contribution in [3.63, 3.8) is 0 Å². The van der Waals surface area contributed by atoms with Crippen LogP contribution in [0.4, 0.5) is 0 Å². The van der Waals surface area contributed by atoms with E-state index in [0.717, 1.165) is 34.1 Å². The van der Waals surface area contributed by atoms with Gasteiger partial charge in [-0.25, -0.2) is 0 Å². The number of hydrogen-bond donors (Lipinski definition) is 0. The molecule has 2 aromatic rings. The summed E-state index contributed by atoms with van der Waals surface area (Å²) in [5, 5.41) is 0. The van der Waals surface area contributed by atoms with Gasteiger partial charge in [-0.05, 0) is 18.2 Å². The third-order valence-corrected chi connectivity index (χ3v) is 4.18. The molecule has 98 valence electrons. The van der Waals surface area contributed by atoms with Crippen LogP contribution in [-0.2, 0) is 11.6 Å². The SMILES string of the molecule is CN(C)C(=O)c1cc(-c2cccnc2)n2c1CSC2. The fourth-order valence-electron chi connectivity index (χ4n) is 2.30. The minimum Gasteiger partial charge on any atom is -0.345 e. The molecule has 0 radical (unpaired) electrons. The number of fused-ring (bicyclic) bond motifs is 1. The van der Waals surface area contributed by atoms with Crippen molar-refractivity contribution in [3.8, 4) is 11.3 Å². The number of aromatic nitrogens is 2. The van der Waals surface area contributed by atoms with Gasteiger partial charge >= 0.3 is 0 Å². The Morgan fingerprint density at radius 1 is 1.47 bits per heavy atom. The summed E-state index contributed by atoms with van der Waals surface area (Å²) in [4.78, 5) is 18.0. The second-order valence-electron chi connectivity index (χ2n) is 4.74. The van der Waals surface area contributed by atoms with E-state index >= 15 is 0 Å². The number of thioether (sulfide) groups is 1. The molecule has 4 nitrogen and oxygen atoms in total.